The second-order valence-electron chi connectivity index (χ2n) is 18.5. The topological polar surface area (TPSA) is 0 Å². The molecule has 8 rings (SSSR count). The van der Waals surface area contributed by atoms with Crippen molar-refractivity contribution in [3.63, 3.8) is 0 Å². The molecule has 0 amide bonds. The molecule has 3 aliphatic rings. The first-order valence-electron chi connectivity index (χ1n) is 20.0. The summed E-state index contributed by atoms with van der Waals surface area (Å²) in [6.45, 7) is 22.8. The zero-order chi connectivity index (χ0) is 43.5. The number of alkyl halides is 6. The fraction of sp³-hybridized carbons (Fsp3) is 0.327. The number of hydrogen-bond acceptors (Lipinski definition) is 0. The van der Waals surface area contributed by atoms with E-state index < -0.39 is 23.5 Å². The summed E-state index contributed by atoms with van der Waals surface area (Å²) in [5.41, 5.74) is 17.0. The Morgan fingerprint density at radius 2 is 1.11 bits per heavy atom. The van der Waals surface area contributed by atoms with Gasteiger partial charge in [0, 0.05) is 0 Å². The minimum atomic E-state index is -4.49. The van der Waals surface area contributed by atoms with E-state index in [1.54, 1.807) is 0 Å². The zero-order valence-corrected chi connectivity index (χ0v) is 40.3. The molecule has 0 aliphatic heterocycles. The Hall–Kier alpha value is -3.51. The van der Waals surface area contributed by atoms with Crippen molar-refractivity contribution < 1.29 is 75.4 Å². The van der Waals surface area contributed by atoms with E-state index in [9.17, 15) is 26.3 Å². The van der Waals surface area contributed by atoms with Gasteiger partial charge in [0.1, 0.15) is 0 Å². The summed E-state index contributed by atoms with van der Waals surface area (Å²) in [7, 11) is 0. The van der Waals surface area contributed by atoms with Crippen molar-refractivity contribution in [1.29, 1.82) is 0 Å². The van der Waals surface area contributed by atoms with Crippen LogP contribution in [-0.4, -0.2) is 3.21 Å². The van der Waals surface area contributed by atoms with Gasteiger partial charge >= 0.3 is 137 Å². The van der Waals surface area contributed by atoms with E-state index in [4.69, 9.17) is 0 Å². The molecule has 0 radical (unpaired) electrons. The molecule has 0 saturated heterocycles. The third-order valence-electron chi connectivity index (χ3n) is 11.8. The van der Waals surface area contributed by atoms with Crippen LogP contribution in [0.3, 0.4) is 0 Å². The van der Waals surface area contributed by atoms with Crippen LogP contribution in [0, 0.1) is 13.3 Å². The first-order valence-corrected chi connectivity index (χ1v) is 21.2. The number of rotatable bonds is 2. The first kappa shape index (κ1) is 50.1. The second-order valence-corrected chi connectivity index (χ2v) is 19.7. The van der Waals surface area contributed by atoms with Gasteiger partial charge in [-0.1, -0.05) is 96.1 Å². The molecule has 0 atom stereocenters. The average Bonchev–Trinajstić information content (AvgIpc) is 3.77. The first-order chi connectivity index (χ1) is 27.3. The Morgan fingerprint density at radius 1 is 0.623 bits per heavy atom. The Bertz CT molecular complexity index is 2340. The SMILES string of the molecule is CC1=C[CH-]C(C)(C)c2cc3c(cc21)-c1cc2c(cc1C3)C(C)(C)CC=C2C.Cc1cc(C(C)(C)C)c[cH-]1.FC(F)(F)c1cccc([C](=[Zr+2])c2cccc(C(F)(F)F)c2)c1.[Cl-].[Cl-]. The van der Waals surface area contributed by atoms with Gasteiger partial charge in [-0.15, -0.1) is 12.5 Å². The van der Waals surface area contributed by atoms with E-state index in [1.165, 1.54) is 91.0 Å². The van der Waals surface area contributed by atoms with Crippen LogP contribution in [0.25, 0.3) is 22.3 Å². The molecule has 0 aromatic heterocycles. The standard InChI is InChI=1S/C27H29.C15H8F6.C10H15.2ClH.Zr/c1-16-7-9-26(3,4)24-12-18-11-19-13-25-21(17(2)8-10-27(25,5)6)15-23(19)22(18)14-20(16)24;16-14(17,18)12-5-1-3-10(8-12)7-11-4-2-6-13(9-11)15(19,20)21;1-8-5-6-9(7-8)10(2,3)4;;;/h7-9,12-15H,10-11H2,1-6H3;1-6,8-9H;5-7H,1-4H3;2*1H;/q-1;;-1;;;+2/p-2. The third kappa shape index (κ3) is 11.0. The summed E-state index contributed by atoms with van der Waals surface area (Å²) in [5.74, 6) is 0. The molecule has 0 fully saturated rings. The Morgan fingerprint density at radius 3 is 1.56 bits per heavy atom. The number of halogens is 8. The zero-order valence-electron chi connectivity index (χ0n) is 36.3. The van der Waals surface area contributed by atoms with Gasteiger partial charge in [0.05, 0.1) is 0 Å². The molecule has 0 bridgehead atoms. The van der Waals surface area contributed by atoms with Gasteiger partial charge in [0.15, 0.2) is 0 Å². The van der Waals surface area contributed by atoms with Crippen LogP contribution in [0.1, 0.15) is 135 Å². The summed E-state index contributed by atoms with van der Waals surface area (Å²) >= 11 is 0.729. The molecule has 0 saturated carbocycles. The molecule has 9 heteroatoms. The molecule has 61 heavy (non-hydrogen) atoms. The van der Waals surface area contributed by atoms with Gasteiger partial charge in [-0.2, -0.15) is 28.8 Å². The fourth-order valence-corrected chi connectivity index (χ4v) is 8.84. The predicted octanol–water partition coefficient (Wildman–Crippen LogP) is 9.10. The Balaban J connectivity index is 0.000000217. The van der Waals surface area contributed by atoms with Crippen LogP contribution in [0.4, 0.5) is 26.3 Å². The molecule has 0 unspecified atom stereocenters. The van der Waals surface area contributed by atoms with Crippen molar-refractivity contribution >= 4 is 14.4 Å². The van der Waals surface area contributed by atoms with Gasteiger partial charge in [-0.3, -0.25) is 0 Å². The Kier molecular flexibility index (Phi) is 15.0. The van der Waals surface area contributed by atoms with Crippen LogP contribution in [0.5, 0.6) is 0 Å². The maximum atomic E-state index is 12.7. The van der Waals surface area contributed by atoms with Gasteiger partial charge in [-0.25, -0.2) is 18.6 Å². The van der Waals surface area contributed by atoms with Crippen LogP contribution in [0.2, 0.25) is 0 Å². The molecule has 5 aromatic carbocycles. The van der Waals surface area contributed by atoms with E-state index in [0.717, 1.165) is 61.3 Å². The number of benzene rings is 4. The van der Waals surface area contributed by atoms with E-state index in [0.29, 0.717) is 8.62 Å². The molecular weight excluding hydrogens is 901 g/mol. The molecular formula is C52H52Cl2F6Zr-2. The summed E-state index contributed by atoms with van der Waals surface area (Å²) in [4.78, 5) is 0. The number of aryl methyl sites for hydroxylation is 1. The normalized spacial score (nSPS) is 15.5. The van der Waals surface area contributed by atoms with E-state index in [1.807, 2.05) is 0 Å². The van der Waals surface area contributed by atoms with E-state index in [-0.39, 0.29) is 46.8 Å². The smallest absolute Gasteiger partial charge is 1.00 e. The molecule has 5 aromatic rings. The second kappa shape index (κ2) is 18.3. The van der Waals surface area contributed by atoms with Crippen LogP contribution >= 0.6 is 0 Å². The molecule has 3 aliphatic carbocycles. The molecule has 0 spiro atoms. The monoisotopic (exact) mass is 950 g/mol. The molecule has 0 N–H and O–H groups in total. The van der Waals surface area contributed by atoms with E-state index >= 15 is 0 Å². The third-order valence-corrected chi connectivity index (χ3v) is 13.3. The van der Waals surface area contributed by atoms with Crippen molar-refractivity contribution in [3.8, 4) is 11.1 Å². The molecule has 0 nitrogen and oxygen atoms in total. The Labute approximate surface area is 385 Å². The minimum absolute atomic E-state index is 0. The van der Waals surface area contributed by atoms with Crippen molar-refractivity contribution in [2.75, 3.05) is 0 Å². The van der Waals surface area contributed by atoms with Crippen LogP contribution in [0.15, 0.2) is 103 Å². The van der Waals surface area contributed by atoms with E-state index in [2.05, 4.69) is 130 Å². The minimum Gasteiger partial charge on any atom is -1.00 e. The molecule has 322 valence electrons. The summed E-state index contributed by atoms with van der Waals surface area (Å²) in [5, 5.41) is 0. The molecule has 0 heterocycles. The maximum Gasteiger partial charge on any atom is -1.00 e. The van der Waals surface area contributed by atoms with Crippen molar-refractivity contribution in [2.24, 2.45) is 0 Å². The predicted molar refractivity (Wildman–Crippen MR) is 229 cm³/mol. The van der Waals surface area contributed by atoms with Crippen LogP contribution < -0.4 is 24.8 Å². The number of fused-ring (bicyclic) bond motifs is 5. The van der Waals surface area contributed by atoms with Gasteiger partial charge in [0.2, 0.25) is 0 Å². The van der Waals surface area contributed by atoms with Crippen molar-refractivity contribution in [3.05, 3.63) is 176 Å². The maximum absolute atomic E-state index is 12.7. The van der Waals surface area contributed by atoms with Gasteiger partial charge in [0.25, 0.3) is 0 Å². The summed E-state index contributed by atoms with van der Waals surface area (Å²) < 4.78 is 76.7. The van der Waals surface area contributed by atoms with Crippen LogP contribution in [-0.2, 0) is 59.3 Å². The van der Waals surface area contributed by atoms with Gasteiger partial charge < -0.3 is 24.8 Å². The number of allylic oxidation sites excluding steroid dienone is 4. The van der Waals surface area contributed by atoms with Gasteiger partial charge in [-0.05, 0) is 70.2 Å². The largest absolute Gasteiger partial charge is 1.00 e. The summed E-state index contributed by atoms with van der Waals surface area (Å²) in [6, 6.07) is 25.7. The van der Waals surface area contributed by atoms with Crippen molar-refractivity contribution in [2.45, 2.75) is 111 Å². The quantitative estimate of drug-likeness (QED) is 0.120. The average molecular weight is 953 g/mol. The van der Waals surface area contributed by atoms with Crippen molar-refractivity contribution in [1.82, 2.24) is 0 Å². The number of hydrogen-bond donors (Lipinski definition) is 0. The fourth-order valence-electron chi connectivity index (χ4n) is 8.07. The summed E-state index contributed by atoms with van der Waals surface area (Å²) in [6.07, 6.45) is 0.313.